The predicted octanol–water partition coefficient (Wildman–Crippen LogP) is 5.91. The van der Waals surface area contributed by atoms with E-state index in [0.717, 1.165) is 43.4 Å². The summed E-state index contributed by atoms with van der Waals surface area (Å²) in [5.74, 6) is 0.401. The van der Waals surface area contributed by atoms with Gasteiger partial charge in [-0.15, -0.1) is 0 Å². The number of thioether (sulfide) groups is 1. The molecule has 2 N–H and O–H groups in total. The molecule has 1 fully saturated rings. The van der Waals surface area contributed by atoms with Gasteiger partial charge in [-0.3, -0.25) is 19.0 Å². The number of carbonyl (C=O) groups excluding carboxylic acids is 2. The fourth-order valence-electron chi connectivity index (χ4n) is 5.55. The van der Waals surface area contributed by atoms with Gasteiger partial charge in [0.2, 0.25) is 11.8 Å². The number of fused-ring (bicyclic) bond motifs is 1. The number of rotatable bonds is 10. The number of nitrogens with one attached hydrogen (secondary N) is 2. The number of anilines is 1. The minimum absolute atomic E-state index is 0.00595. The van der Waals surface area contributed by atoms with E-state index < -0.39 is 0 Å². The van der Waals surface area contributed by atoms with E-state index >= 15 is 0 Å². The van der Waals surface area contributed by atoms with Gasteiger partial charge in [0.25, 0.3) is 5.56 Å². The number of aromatic nitrogens is 2. The highest BCUT2D eigenvalue weighted by Crippen LogP contribution is 2.31. The molecule has 1 saturated carbocycles. The van der Waals surface area contributed by atoms with Gasteiger partial charge in [0.15, 0.2) is 5.16 Å². The molecule has 0 radical (unpaired) electrons. The van der Waals surface area contributed by atoms with Gasteiger partial charge in [-0.05, 0) is 92.8 Å². The third-order valence-corrected chi connectivity index (χ3v) is 9.14. The van der Waals surface area contributed by atoms with Crippen LogP contribution in [0.5, 0.6) is 0 Å². The van der Waals surface area contributed by atoms with Crippen molar-refractivity contribution in [1.29, 1.82) is 0 Å². The van der Waals surface area contributed by atoms with E-state index in [0.29, 0.717) is 29.1 Å². The Balaban J connectivity index is 1.21. The molecular weight excluding hydrogens is 544 g/mol. The van der Waals surface area contributed by atoms with Crippen molar-refractivity contribution < 1.29 is 9.59 Å². The zero-order chi connectivity index (χ0) is 29.5. The molecule has 3 aromatic carbocycles. The summed E-state index contributed by atoms with van der Waals surface area (Å²) in [5.41, 5.74) is 4.81. The molecule has 0 atom stereocenters. The van der Waals surface area contributed by atoms with Crippen molar-refractivity contribution >= 4 is 40.2 Å². The van der Waals surface area contributed by atoms with E-state index in [4.69, 9.17) is 4.98 Å². The van der Waals surface area contributed by atoms with Gasteiger partial charge in [0.1, 0.15) is 0 Å². The second-order valence-corrected chi connectivity index (χ2v) is 12.1. The van der Waals surface area contributed by atoms with Crippen molar-refractivity contribution in [2.75, 3.05) is 17.6 Å². The average molecular weight is 583 g/mol. The first-order valence-electron chi connectivity index (χ1n) is 14.7. The third kappa shape index (κ3) is 7.48. The van der Waals surface area contributed by atoms with Crippen LogP contribution in [-0.4, -0.2) is 33.7 Å². The molecule has 4 aromatic rings. The lowest BCUT2D eigenvalue weighted by atomic mass is 9.81. The molecular formula is C34H38N4O3S. The van der Waals surface area contributed by atoms with Gasteiger partial charge < -0.3 is 10.6 Å². The normalized spacial score (nSPS) is 16.7. The molecule has 0 aliphatic heterocycles. The lowest BCUT2D eigenvalue weighted by molar-refractivity contribution is -0.126. The molecule has 0 bridgehead atoms. The van der Waals surface area contributed by atoms with E-state index in [-0.39, 0.29) is 35.0 Å². The second-order valence-electron chi connectivity index (χ2n) is 11.2. The van der Waals surface area contributed by atoms with Crippen LogP contribution in [0.2, 0.25) is 0 Å². The smallest absolute Gasteiger partial charge is 0.262 e. The molecule has 0 saturated heterocycles. The predicted molar refractivity (Wildman–Crippen MR) is 170 cm³/mol. The van der Waals surface area contributed by atoms with Crippen LogP contribution in [0.25, 0.3) is 10.9 Å². The highest BCUT2D eigenvalue weighted by atomic mass is 32.2. The molecule has 2 amide bonds. The van der Waals surface area contributed by atoms with Crippen LogP contribution >= 0.6 is 11.8 Å². The molecule has 1 aromatic heterocycles. The van der Waals surface area contributed by atoms with Crippen molar-refractivity contribution in [2.45, 2.75) is 57.7 Å². The maximum absolute atomic E-state index is 13.6. The number of amides is 2. The van der Waals surface area contributed by atoms with Crippen LogP contribution in [0.3, 0.4) is 0 Å². The van der Waals surface area contributed by atoms with Gasteiger partial charge >= 0.3 is 0 Å². The standard InChI is InChI=1S/C34H38N4O3S/c1-23-12-17-28(20-24(23)2)36-31(39)22-42-34-37-30-11-7-6-10-29(30)33(41)38(34)21-26-13-15-27(16-14-26)32(40)35-19-18-25-8-4-3-5-9-25/h3-12,17,20,26-27H,13-16,18-19,21-22H2,1-2H3,(H,35,40)(H,36,39). The summed E-state index contributed by atoms with van der Waals surface area (Å²) in [5, 5.41) is 7.20. The van der Waals surface area contributed by atoms with Crippen LogP contribution < -0.4 is 16.2 Å². The van der Waals surface area contributed by atoms with Crippen LogP contribution in [0, 0.1) is 25.7 Å². The Hall–Kier alpha value is -3.91. The van der Waals surface area contributed by atoms with Crippen LogP contribution in [0.15, 0.2) is 82.7 Å². The Morgan fingerprint density at radius 3 is 2.43 bits per heavy atom. The van der Waals surface area contributed by atoms with Gasteiger partial charge in [-0.2, -0.15) is 0 Å². The number of hydrogen-bond donors (Lipinski definition) is 2. The Labute approximate surface area is 251 Å². The maximum Gasteiger partial charge on any atom is 0.262 e. The largest absolute Gasteiger partial charge is 0.356 e. The van der Waals surface area contributed by atoms with E-state index in [1.807, 2.05) is 68.4 Å². The zero-order valence-corrected chi connectivity index (χ0v) is 25.1. The number of nitrogens with zero attached hydrogens (tertiary/aromatic N) is 2. The molecule has 1 aliphatic rings. The van der Waals surface area contributed by atoms with Gasteiger partial charge in [0, 0.05) is 24.7 Å². The van der Waals surface area contributed by atoms with Gasteiger partial charge in [-0.1, -0.05) is 60.3 Å². The molecule has 8 heteroatoms. The molecule has 5 rings (SSSR count). The molecule has 1 aliphatic carbocycles. The summed E-state index contributed by atoms with van der Waals surface area (Å²) in [7, 11) is 0. The monoisotopic (exact) mass is 582 g/mol. The lowest BCUT2D eigenvalue weighted by Gasteiger charge is -2.28. The molecule has 7 nitrogen and oxygen atoms in total. The topological polar surface area (TPSA) is 93.1 Å². The van der Waals surface area contributed by atoms with E-state index in [1.54, 1.807) is 10.6 Å². The van der Waals surface area contributed by atoms with Crippen molar-refractivity contribution in [2.24, 2.45) is 11.8 Å². The molecule has 0 spiro atoms. The summed E-state index contributed by atoms with van der Waals surface area (Å²) in [6.45, 7) is 5.22. The lowest BCUT2D eigenvalue weighted by Crippen LogP contribution is -2.35. The SMILES string of the molecule is Cc1ccc(NC(=O)CSc2nc3ccccc3c(=O)n2CC2CCC(C(=O)NCCc3ccccc3)CC2)cc1C. The molecule has 42 heavy (non-hydrogen) atoms. The van der Waals surface area contributed by atoms with Crippen molar-refractivity contribution in [3.8, 4) is 0 Å². The minimum Gasteiger partial charge on any atom is -0.356 e. The first kappa shape index (κ1) is 29.6. The van der Waals surface area contributed by atoms with E-state index in [2.05, 4.69) is 22.8 Å². The van der Waals surface area contributed by atoms with Gasteiger partial charge in [-0.25, -0.2) is 4.98 Å². The van der Waals surface area contributed by atoms with Crippen molar-refractivity contribution in [3.63, 3.8) is 0 Å². The second kappa shape index (κ2) is 13.8. The van der Waals surface area contributed by atoms with Crippen molar-refractivity contribution in [3.05, 3.63) is 99.8 Å². The van der Waals surface area contributed by atoms with Crippen LogP contribution in [-0.2, 0) is 22.6 Å². The van der Waals surface area contributed by atoms with Crippen LogP contribution in [0.4, 0.5) is 5.69 Å². The molecule has 1 heterocycles. The highest BCUT2D eigenvalue weighted by Gasteiger charge is 2.27. The minimum atomic E-state index is -0.143. The number of carbonyl (C=O) groups is 2. The highest BCUT2D eigenvalue weighted by molar-refractivity contribution is 7.99. The fraction of sp³-hybridized carbons (Fsp3) is 0.353. The van der Waals surface area contributed by atoms with Crippen LogP contribution in [0.1, 0.15) is 42.4 Å². The summed E-state index contributed by atoms with van der Waals surface area (Å²) in [6.07, 6.45) is 4.17. The maximum atomic E-state index is 13.6. The quantitative estimate of drug-likeness (QED) is 0.179. The third-order valence-electron chi connectivity index (χ3n) is 8.16. The first-order valence-corrected chi connectivity index (χ1v) is 15.7. The first-order chi connectivity index (χ1) is 20.4. The summed E-state index contributed by atoms with van der Waals surface area (Å²) >= 11 is 1.29. The summed E-state index contributed by atoms with van der Waals surface area (Å²) in [6, 6.07) is 23.4. The Morgan fingerprint density at radius 2 is 1.67 bits per heavy atom. The van der Waals surface area contributed by atoms with Crippen molar-refractivity contribution in [1.82, 2.24) is 14.9 Å². The number of hydrogen-bond acceptors (Lipinski definition) is 5. The zero-order valence-electron chi connectivity index (χ0n) is 24.3. The number of aryl methyl sites for hydroxylation is 2. The Kier molecular flexibility index (Phi) is 9.74. The average Bonchev–Trinajstić information content (AvgIpc) is 3.00. The van der Waals surface area contributed by atoms with Gasteiger partial charge in [0.05, 0.1) is 16.7 Å². The number of para-hydroxylation sites is 1. The number of benzene rings is 3. The summed E-state index contributed by atoms with van der Waals surface area (Å²) in [4.78, 5) is 44.0. The molecule has 218 valence electrons. The fourth-order valence-corrected chi connectivity index (χ4v) is 6.36. The molecule has 0 unspecified atom stereocenters. The van der Waals surface area contributed by atoms with E-state index in [1.165, 1.54) is 22.9 Å². The summed E-state index contributed by atoms with van der Waals surface area (Å²) < 4.78 is 1.74. The Morgan fingerprint density at radius 1 is 0.929 bits per heavy atom. The Bertz CT molecular complexity index is 1610. The van der Waals surface area contributed by atoms with E-state index in [9.17, 15) is 14.4 Å².